The van der Waals surface area contributed by atoms with Gasteiger partial charge in [-0.25, -0.2) is 0 Å². The van der Waals surface area contributed by atoms with E-state index >= 15 is 0 Å². The van der Waals surface area contributed by atoms with Crippen molar-refractivity contribution >= 4 is 0 Å². The van der Waals surface area contributed by atoms with Gasteiger partial charge in [-0.2, -0.15) is 0 Å². The van der Waals surface area contributed by atoms with Crippen molar-refractivity contribution in [3.8, 4) is 0 Å². The Bertz CT molecular complexity index is 455. The standard InChI is InChI=1S/C17H21NO/c1-15(18-12-16-8-4-2-5-9-16)13-19-14-17-10-6-3-7-11-17/h2-11,15,18H,12-14H2,1H3/t15-/m0/s1. The molecule has 0 bridgehead atoms. The zero-order chi connectivity index (χ0) is 13.3. The number of hydrogen-bond donors (Lipinski definition) is 1. The molecule has 2 aromatic rings. The molecule has 2 rings (SSSR count). The zero-order valence-electron chi connectivity index (χ0n) is 11.4. The fourth-order valence-corrected chi connectivity index (χ4v) is 1.87. The van der Waals surface area contributed by atoms with E-state index in [-0.39, 0.29) is 0 Å². The normalized spacial score (nSPS) is 12.3. The summed E-state index contributed by atoms with van der Waals surface area (Å²) < 4.78 is 5.71. The lowest BCUT2D eigenvalue weighted by molar-refractivity contribution is 0.102. The Morgan fingerprint density at radius 1 is 0.895 bits per heavy atom. The molecule has 2 heteroatoms. The fraction of sp³-hybridized carbons (Fsp3) is 0.294. The Morgan fingerprint density at radius 2 is 1.47 bits per heavy atom. The fourth-order valence-electron chi connectivity index (χ4n) is 1.87. The van der Waals surface area contributed by atoms with E-state index in [9.17, 15) is 0 Å². The molecular formula is C17H21NO. The third-order valence-corrected chi connectivity index (χ3v) is 2.98. The van der Waals surface area contributed by atoms with E-state index in [1.165, 1.54) is 11.1 Å². The summed E-state index contributed by atoms with van der Waals surface area (Å²) in [6.45, 7) is 4.44. The molecule has 0 unspecified atom stereocenters. The number of rotatable bonds is 7. The van der Waals surface area contributed by atoms with Gasteiger partial charge in [-0.05, 0) is 18.1 Å². The van der Waals surface area contributed by atoms with Crippen molar-refractivity contribution in [3.63, 3.8) is 0 Å². The monoisotopic (exact) mass is 255 g/mol. The van der Waals surface area contributed by atoms with E-state index in [4.69, 9.17) is 4.74 Å². The first kappa shape index (κ1) is 13.8. The Morgan fingerprint density at radius 3 is 2.11 bits per heavy atom. The van der Waals surface area contributed by atoms with Crippen molar-refractivity contribution in [2.24, 2.45) is 0 Å². The zero-order valence-corrected chi connectivity index (χ0v) is 11.4. The van der Waals surface area contributed by atoms with Gasteiger partial charge in [-0.3, -0.25) is 0 Å². The van der Waals surface area contributed by atoms with Crippen molar-refractivity contribution in [1.29, 1.82) is 0 Å². The van der Waals surface area contributed by atoms with E-state index in [0.29, 0.717) is 12.6 Å². The lowest BCUT2D eigenvalue weighted by Gasteiger charge is -2.14. The molecule has 0 radical (unpaired) electrons. The van der Waals surface area contributed by atoms with Crippen molar-refractivity contribution in [3.05, 3.63) is 71.8 Å². The van der Waals surface area contributed by atoms with Crippen LogP contribution in [0.1, 0.15) is 18.1 Å². The van der Waals surface area contributed by atoms with Gasteiger partial charge in [0.05, 0.1) is 13.2 Å². The average Bonchev–Trinajstić information content (AvgIpc) is 2.47. The lowest BCUT2D eigenvalue weighted by Crippen LogP contribution is -2.29. The summed E-state index contributed by atoms with van der Waals surface area (Å²) >= 11 is 0. The molecule has 1 atom stereocenters. The second-order valence-corrected chi connectivity index (χ2v) is 4.77. The van der Waals surface area contributed by atoms with Gasteiger partial charge in [0.15, 0.2) is 0 Å². The molecular weight excluding hydrogens is 234 g/mol. The van der Waals surface area contributed by atoms with Crippen LogP contribution in [0.4, 0.5) is 0 Å². The Kier molecular flexibility index (Phi) is 5.60. The SMILES string of the molecule is C[C@@H](COCc1ccccc1)NCc1ccccc1. The van der Waals surface area contributed by atoms with E-state index in [0.717, 1.165) is 13.2 Å². The molecule has 0 amide bonds. The van der Waals surface area contributed by atoms with E-state index in [1.807, 2.05) is 24.3 Å². The van der Waals surface area contributed by atoms with Crippen molar-refractivity contribution in [2.75, 3.05) is 6.61 Å². The maximum absolute atomic E-state index is 5.71. The molecule has 0 saturated carbocycles. The Labute approximate surface area is 115 Å². The first-order chi connectivity index (χ1) is 9.34. The van der Waals surface area contributed by atoms with E-state index < -0.39 is 0 Å². The van der Waals surface area contributed by atoms with Gasteiger partial charge < -0.3 is 10.1 Å². The highest BCUT2D eigenvalue weighted by molar-refractivity contribution is 5.14. The van der Waals surface area contributed by atoms with Gasteiger partial charge in [0.2, 0.25) is 0 Å². The van der Waals surface area contributed by atoms with Crippen LogP contribution < -0.4 is 5.32 Å². The van der Waals surface area contributed by atoms with Gasteiger partial charge in [0.25, 0.3) is 0 Å². The number of hydrogen-bond acceptors (Lipinski definition) is 2. The number of ether oxygens (including phenoxy) is 1. The number of benzene rings is 2. The summed E-state index contributed by atoms with van der Waals surface area (Å²) in [5.41, 5.74) is 2.52. The second kappa shape index (κ2) is 7.72. The molecule has 0 aliphatic carbocycles. The smallest absolute Gasteiger partial charge is 0.0717 e. The molecule has 0 fully saturated rings. The highest BCUT2D eigenvalue weighted by Gasteiger charge is 2.01. The Hall–Kier alpha value is -1.64. The quantitative estimate of drug-likeness (QED) is 0.819. The molecule has 0 aliphatic rings. The van der Waals surface area contributed by atoms with Gasteiger partial charge in [0.1, 0.15) is 0 Å². The van der Waals surface area contributed by atoms with Crippen LogP contribution in [0.3, 0.4) is 0 Å². The minimum absolute atomic E-state index is 0.351. The molecule has 100 valence electrons. The third kappa shape index (κ3) is 5.25. The van der Waals surface area contributed by atoms with Gasteiger partial charge >= 0.3 is 0 Å². The van der Waals surface area contributed by atoms with Crippen LogP contribution in [0.15, 0.2) is 60.7 Å². The van der Waals surface area contributed by atoms with Crippen LogP contribution >= 0.6 is 0 Å². The highest BCUT2D eigenvalue weighted by Crippen LogP contribution is 2.02. The van der Waals surface area contributed by atoms with Crippen LogP contribution in [0, 0.1) is 0 Å². The largest absolute Gasteiger partial charge is 0.375 e. The first-order valence-corrected chi connectivity index (χ1v) is 6.73. The van der Waals surface area contributed by atoms with Crippen LogP contribution in [0.2, 0.25) is 0 Å². The van der Waals surface area contributed by atoms with Gasteiger partial charge in [-0.1, -0.05) is 60.7 Å². The molecule has 0 saturated heterocycles. The summed E-state index contributed by atoms with van der Waals surface area (Å²) in [4.78, 5) is 0. The predicted octanol–water partition coefficient (Wildman–Crippen LogP) is 3.38. The molecule has 2 nitrogen and oxygen atoms in total. The first-order valence-electron chi connectivity index (χ1n) is 6.73. The van der Waals surface area contributed by atoms with Gasteiger partial charge in [-0.15, -0.1) is 0 Å². The van der Waals surface area contributed by atoms with Crippen LogP contribution in [-0.2, 0) is 17.9 Å². The van der Waals surface area contributed by atoms with E-state index in [2.05, 4.69) is 48.6 Å². The summed E-state index contributed by atoms with van der Waals surface area (Å²) in [5.74, 6) is 0. The Balaban J connectivity index is 1.64. The molecule has 1 N–H and O–H groups in total. The summed E-state index contributed by atoms with van der Waals surface area (Å²) in [6, 6.07) is 21.0. The van der Waals surface area contributed by atoms with Crippen molar-refractivity contribution in [1.82, 2.24) is 5.32 Å². The molecule has 0 spiro atoms. The highest BCUT2D eigenvalue weighted by atomic mass is 16.5. The predicted molar refractivity (Wildman–Crippen MR) is 78.8 cm³/mol. The molecule has 19 heavy (non-hydrogen) atoms. The van der Waals surface area contributed by atoms with E-state index in [1.54, 1.807) is 0 Å². The maximum Gasteiger partial charge on any atom is 0.0717 e. The topological polar surface area (TPSA) is 21.3 Å². The third-order valence-electron chi connectivity index (χ3n) is 2.98. The van der Waals surface area contributed by atoms with Crippen LogP contribution in [-0.4, -0.2) is 12.6 Å². The van der Waals surface area contributed by atoms with Crippen molar-refractivity contribution in [2.45, 2.75) is 26.1 Å². The second-order valence-electron chi connectivity index (χ2n) is 4.77. The molecule has 0 aliphatic heterocycles. The minimum atomic E-state index is 0.351. The summed E-state index contributed by atoms with van der Waals surface area (Å²) in [5, 5.41) is 3.46. The van der Waals surface area contributed by atoms with Crippen molar-refractivity contribution < 1.29 is 4.74 Å². The lowest BCUT2D eigenvalue weighted by atomic mass is 10.2. The average molecular weight is 255 g/mol. The molecule has 0 aromatic heterocycles. The number of nitrogens with one attached hydrogen (secondary N) is 1. The molecule has 0 heterocycles. The summed E-state index contributed by atoms with van der Waals surface area (Å²) in [7, 11) is 0. The van der Waals surface area contributed by atoms with Gasteiger partial charge in [0, 0.05) is 12.6 Å². The van der Waals surface area contributed by atoms with Crippen LogP contribution in [0.5, 0.6) is 0 Å². The van der Waals surface area contributed by atoms with Crippen LogP contribution in [0.25, 0.3) is 0 Å². The summed E-state index contributed by atoms with van der Waals surface area (Å²) in [6.07, 6.45) is 0. The maximum atomic E-state index is 5.71. The molecule has 2 aromatic carbocycles. The minimum Gasteiger partial charge on any atom is -0.375 e.